The lowest BCUT2D eigenvalue weighted by Crippen LogP contribution is -2.44. The molecule has 3 heterocycles. The van der Waals surface area contributed by atoms with Gasteiger partial charge in [0.1, 0.15) is 17.0 Å². The molecule has 6 heteroatoms. The number of thiophene rings is 1. The molecule has 4 rings (SSSR count). The Morgan fingerprint density at radius 2 is 2.12 bits per heavy atom. The van der Waals surface area contributed by atoms with Crippen LogP contribution < -0.4 is 5.32 Å². The normalized spacial score (nSPS) is 18.8. The maximum Gasteiger partial charge on any atom is 0.138 e. The molecule has 0 unspecified atom stereocenters. The number of ether oxygens (including phenoxy) is 1. The zero-order chi connectivity index (χ0) is 16.2. The lowest BCUT2D eigenvalue weighted by molar-refractivity contribution is -0.0240. The summed E-state index contributed by atoms with van der Waals surface area (Å²) >= 11 is 1.63. The number of fused-ring (bicyclic) bond motifs is 1. The van der Waals surface area contributed by atoms with Gasteiger partial charge in [-0.1, -0.05) is 30.3 Å². The van der Waals surface area contributed by atoms with Crippen LogP contribution in [0.2, 0.25) is 0 Å². The second-order valence-electron chi connectivity index (χ2n) is 5.96. The number of hydrogen-bond acceptors (Lipinski definition) is 6. The van der Waals surface area contributed by atoms with E-state index in [2.05, 4.69) is 56.6 Å². The third-order valence-corrected chi connectivity index (χ3v) is 5.05. The number of anilines is 1. The Morgan fingerprint density at radius 3 is 3.04 bits per heavy atom. The predicted molar refractivity (Wildman–Crippen MR) is 97.4 cm³/mol. The Kier molecular flexibility index (Phi) is 4.69. The summed E-state index contributed by atoms with van der Waals surface area (Å²) in [5, 5.41) is 6.56. The zero-order valence-electron chi connectivity index (χ0n) is 13.4. The Morgan fingerprint density at radius 1 is 1.21 bits per heavy atom. The average Bonchev–Trinajstić information content (AvgIpc) is 3.10. The minimum Gasteiger partial charge on any atom is -0.374 e. The van der Waals surface area contributed by atoms with E-state index in [1.165, 1.54) is 5.56 Å². The minimum atomic E-state index is 0.172. The Labute approximate surface area is 145 Å². The average molecular weight is 340 g/mol. The van der Waals surface area contributed by atoms with Crippen LogP contribution in [-0.4, -0.2) is 47.2 Å². The highest BCUT2D eigenvalue weighted by atomic mass is 32.1. The van der Waals surface area contributed by atoms with Crippen LogP contribution in [0.3, 0.4) is 0 Å². The number of nitrogens with zero attached hydrogens (tertiary/aromatic N) is 3. The lowest BCUT2D eigenvalue weighted by atomic mass is 10.2. The van der Waals surface area contributed by atoms with Crippen molar-refractivity contribution in [1.29, 1.82) is 0 Å². The molecule has 1 aliphatic heterocycles. The molecule has 124 valence electrons. The number of aromatic nitrogens is 2. The molecule has 0 radical (unpaired) electrons. The van der Waals surface area contributed by atoms with Gasteiger partial charge in [-0.2, -0.15) is 0 Å². The van der Waals surface area contributed by atoms with Crippen LogP contribution in [0.5, 0.6) is 0 Å². The molecule has 0 bridgehead atoms. The first-order valence-corrected chi connectivity index (χ1v) is 9.06. The molecule has 3 aromatic rings. The van der Waals surface area contributed by atoms with Gasteiger partial charge in [-0.05, 0) is 17.0 Å². The number of nitrogens with one attached hydrogen (secondary N) is 1. The molecule has 1 N–H and O–H groups in total. The van der Waals surface area contributed by atoms with Crippen molar-refractivity contribution < 1.29 is 4.74 Å². The van der Waals surface area contributed by atoms with Crippen LogP contribution in [0.25, 0.3) is 10.2 Å². The highest BCUT2D eigenvalue weighted by Crippen LogP contribution is 2.23. The first-order valence-electron chi connectivity index (χ1n) is 8.18. The monoisotopic (exact) mass is 340 g/mol. The maximum absolute atomic E-state index is 5.92. The van der Waals surface area contributed by atoms with Gasteiger partial charge in [0, 0.05) is 26.2 Å². The van der Waals surface area contributed by atoms with E-state index >= 15 is 0 Å². The summed E-state index contributed by atoms with van der Waals surface area (Å²) in [5.74, 6) is 0.894. The lowest BCUT2D eigenvalue weighted by Gasteiger charge is -2.33. The van der Waals surface area contributed by atoms with Crippen molar-refractivity contribution >= 4 is 27.4 Å². The Bertz CT molecular complexity index is 792. The van der Waals surface area contributed by atoms with Gasteiger partial charge in [-0.3, -0.25) is 4.90 Å². The molecule has 0 aliphatic carbocycles. The number of benzene rings is 1. The third-order valence-electron chi connectivity index (χ3n) is 4.23. The van der Waals surface area contributed by atoms with Crippen molar-refractivity contribution in [3.63, 3.8) is 0 Å². The largest absolute Gasteiger partial charge is 0.374 e. The molecule has 2 aromatic heterocycles. The van der Waals surface area contributed by atoms with E-state index in [1.54, 1.807) is 17.7 Å². The molecule has 0 saturated carbocycles. The van der Waals surface area contributed by atoms with Crippen molar-refractivity contribution in [2.24, 2.45) is 0 Å². The summed E-state index contributed by atoms with van der Waals surface area (Å²) in [6, 6.07) is 12.7. The van der Waals surface area contributed by atoms with Gasteiger partial charge in [-0.25, -0.2) is 9.97 Å². The summed E-state index contributed by atoms with van der Waals surface area (Å²) in [7, 11) is 0. The van der Waals surface area contributed by atoms with Crippen molar-refractivity contribution in [2.75, 3.05) is 31.6 Å². The summed E-state index contributed by atoms with van der Waals surface area (Å²) in [6.45, 7) is 4.42. The fraction of sp³-hybridized carbons (Fsp3) is 0.333. The van der Waals surface area contributed by atoms with E-state index in [0.717, 1.165) is 48.8 Å². The summed E-state index contributed by atoms with van der Waals surface area (Å²) in [5.41, 5.74) is 1.35. The van der Waals surface area contributed by atoms with Crippen LogP contribution in [0.15, 0.2) is 48.1 Å². The van der Waals surface area contributed by atoms with E-state index in [1.807, 2.05) is 5.38 Å². The summed E-state index contributed by atoms with van der Waals surface area (Å²) in [6.07, 6.45) is 1.79. The molecule has 1 atom stereocenters. The van der Waals surface area contributed by atoms with Crippen LogP contribution in [-0.2, 0) is 11.3 Å². The van der Waals surface area contributed by atoms with E-state index in [4.69, 9.17) is 4.74 Å². The van der Waals surface area contributed by atoms with Crippen LogP contribution in [0.1, 0.15) is 5.56 Å². The topological polar surface area (TPSA) is 50.3 Å². The molecular weight excluding hydrogens is 320 g/mol. The van der Waals surface area contributed by atoms with Gasteiger partial charge in [0.15, 0.2) is 0 Å². The van der Waals surface area contributed by atoms with Crippen molar-refractivity contribution in [3.8, 4) is 0 Å². The first kappa shape index (κ1) is 15.5. The number of rotatable bonds is 5. The van der Waals surface area contributed by atoms with Gasteiger partial charge in [0.05, 0.1) is 18.1 Å². The van der Waals surface area contributed by atoms with Crippen molar-refractivity contribution in [1.82, 2.24) is 14.9 Å². The van der Waals surface area contributed by atoms with Crippen LogP contribution in [0, 0.1) is 0 Å². The number of morpholine rings is 1. The summed E-state index contributed by atoms with van der Waals surface area (Å²) < 4.78 is 5.92. The molecule has 0 spiro atoms. The molecule has 0 amide bonds. The van der Waals surface area contributed by atoms with Crippen LogP contribution >= 0.6 is 11.3 Å². The highest BCUT2D eigenvalue weighted by molar-refractivity contribution is 7.16. The minimum absolute atomic E-state index is 0.172. The molecule has 1 saturated heterocycles. The number of hydrogen-bond donors (Lipinski definition) is 1. The van der Waals surface area contributed by atoms with Crippen molar-refractivity contribution in [3.05, 3.63) is 53.7 Å². The molecule has 1 aliphatic rings. The van der Waals surface area contributed by atoms with E-state index < -0.39 is 0 Å². The Balaban J connectivity index is 1.36. The quantitative estimate of drug-likeness (QED) is 0.774. The SMILES string of the molecule is c1ccc(CN2CCO[C@H](CNc3ncnc4sccc34)C2)cc1. The molecule has 24 heavy (non-hydrogen) atoms. The Hall–Kier alpha value is -2.02. The predicted octanol–water partition coefficient (Wildman–Crippen LogP) is 3.00. The first-order chi connectivity index (χ1) is 11.9. The molecule has 1 fully saturated rings. The standard InChI is InChI=1S/C18H20N4OS/c1-2-4-14(5-3-1)11-22-7-8-23-15(12-22)10-19-17-16-6-9-24-18(16)21-13-20-17/h1-6,9,13,15H,7-8,10-12H2,(H,19,20,21)/t15-/m1/s1. The second-order valence-corrected chi connectivity index (χ2v) is 6.85. The fourth-order valence-corrected chi connectivity index (χ4v) is 3.76. The van der Waals surface area contributed by atoms with Crippen molar-refractivity contribution in [2.45, 2.75) is 12.6 Å². The van der Waals surface area contributed by atoms with Gasteiger partial charge in [-0.15, -0.1) is 11.3 Å². The maximum atomic E-state index is 5.92. The van der Waals surface area contributed by atoms with E-state index in [0.29, 0.717) is 0 Å². The smallest absolute Gasteiger partial charge is 0.138 e. The van der Waals surface area contributed by atoms with Gasteiger partial charge < -0.3 is 10.1 Å². The van der Waals surface area contributed by atoms with Gasteiger partial charge in [0.25, 0.3) is 0 Å². The second kappa shape index (κ2) is 7.25. The summed E-state index contributed by atoms with van der Waals surface area (Å²) in [4.78, 5) is 12.1. The molecule has 1 aromatic carbocycles. The molecule has 5 nitrogen and oxygen atoms in total. The highest BCUT2D eigenvalue weighted by Gasteiger charge is 2.20. The fourth-order valence-electron chi connectivity index (χ4n) is 3.03. The third kappa shape index (κ3) is 3.56. The van der Waals surface area contributed by atoms with Crippen LogP contribution in [0.4, 0.5) is 5.82 Å². The van der Waals surface area contributed by atoms with Gasteiger partial charge >= 0.3 is 0 Å². The van der Waals surface area contributed by atoms with E-state index in [-0.39, 0.29) is 6.10 Å². The zero-order valence-corrected chi connectivity index (χ0v) is 14.2. The van der Waals surface area contributed by atoms with Gasteiger partial charge in [0.2, 0.25) is 0 Å². The molecular formula is C18H20N4OS. The van der Waals surface area contributed by atoms with E-state index in [9.17, 15) is 0 Å².